The molecule has 2 aromatic rings. The van der Waals surface area contributed by atoms with Crippen LogP contribution >= 0.6 is 0 Å². The highest BCUT2D eigenvalue weighted by Crippen LogP contribution is 2.11. The van der Waals surface area contributed by atoms with Gasteiger partial charge in [-0.25, -0.2) is 8.78 Å². The van der Waals surface area contributed by atoms with Crippen molar-refractivity contribution in [1.82, 2.24) is 15.1 Å². The number of carbonyl (C=O) groups excluding carboxylic acids is 1. The molecular weight excluding hydrogens is 354 g/mol. The number of amides is 1. The van der Waals surface area contributed by atoms with Gasteiger partial charge in [-0.15, -0.1) is 0 Å². The first-order valence-electron chi connectivity index (χ1n) is 8.81. The molecular formula is C19H22F2N4O2. The molecule has 0 unspecified atom stereocenters. The molecule has 0 bridgehead atoms. The van der Waals surface area contributed by atoms with E-state index in [0.29, 0.717) is 56.4 Å². The molecule has 1 fully saturated rings. The Kier molecular flexibility index (Phi) is 6.05. The van der Waals surface area contributed by atoms with Crippen molar-refractivity contribution in [1.29, 1.82) is 0 Å². The molecule has 0 radical (unpaired) electrons. The highest BCUT2D eigenvalue weighted by atomic mass is 19.1. The number of nitrogens with zero attached hydrogens (tertiary/aromatic N) is 3. The molecule has 0 aliphatic carbocycles. The van der Waals surface area contributed by atoms with Gasteiger partial charge >= 0.3 is 0 Å². The first-order chi connectivity index (χ1) is 13.1. The van der Waals surface area contributed by atoms with Gasteiger partial charge in [-0.3, -0.25) is 9.79 Å². The summed E-state index contributed by atoms with van der Waals surface area (Å²) < 4.78 is 32.1. The molecule has 144 valence electrons. The van der Waals surface area contributed by atoms with E-state index in [-0.39, 0.29) is 5.91 Å². The van der Waals surface area contributed by atoms with Crippen molar-refractivity contribution >= 4 is 11.9 Å². The topological polar surface area (TPSA) is 61.1 Å². The molecule has 1 saturated heterocycles. The van der Waals surface area contributed by atoms with Crippen LogP contribution in [0.2, 0.25) is 0 Å². The summed E-state index contributed by atoms with van der Waals surface area (Å²) in [5.41, 5.74) is 0.326. The lowest BCUT2D eigenvalue weighted by atomic mass is 10.1. The van der Waals surface area contributed by atoms with Crippen LogP contribution in [0.5, 0.6) is 0 Å². The minimum absolute atomic E-state index is 0.121. The fourth-order valence-corrected chi connectivity index (χ4v) is 3.05. The van der Waals surface area contributed by atoms with Crippen molar-refractivity contribution in [3.63, 3.8) is 0 Å². The molecule has 1 aromatic carbocycles. The summed E-state index contributed by atoms with van der Waals surface area (Å²) in [5, 5.41) is 3.17. The normalized spacial score (nSPS) is 15.1. The number of benzene rings is 1. The molecule has 8 heteroatoms. The van der Waals surface area contributed by atoms with Gasteiger partial charge in [-0.1, -0.05) is 0 Å². The molecule has 6 nitrogen and oxygen atoms in total. The highest BCUT2D eigenvalue weighted by Gasteiger charge is 2.25. The van der Waals surface area contributed by atoms with Crippen molar-refractivity contribution in [3.05, 3.63) is 59.6 Å². The molecule has 2 heterocycles. The van der Waals surface area contributed by atoms with Crippen molar-refractivity contribution in [2.75, 3.05) is 39.8 Å². The average Bonchev–Trinajstić information content (AvgIpc) is 3.22. The average molecular weight is 376 g/mol. The lowest BCUT2D eigenvalue weighted by Crippen LogP contribution is -2.54. The Morgan fingerprint density at radius 1 is 1.19 bits per heavy atom. The molecule has 1 aromatic heterocycles. The molecule has 0 spiro atoms. The summed E-state index contributed by atoms with van der Waals surface area (Å²) in [7, 11) is 1.67. The van der Waals surface area contributed by atoms with E-state index < -0.39 is 11.6 Å². The number of nitrogens with one attached hydrogen (secondary N) is 1. The van der Waals surface area contributed by atoms with Crippen LogP contribution in [0, 0.1) is 11.6 Å². The van der Waals surface area contributed by atoms with E-state index in [4.69, 9.17) is 4.42 Å². The van der Waals surface area contributed by atoms with Crippen molar-refractivity contribution in [2.45, 2.75) is 6.42 Å². The van der Waals surface area contributed by atoms with Crippen LogP contribution < -0.4 is 5.32 Å². The number of guanidine groups is 1. The van der Waals surface area contributed by atoms with Gasteiger partial charge in [0.1, 0.15) is 11.6 Å². The summed E-state index contributed by atoms with van der Waals surface area (Å²) in [4.78, 5) is 20.3. The van der Waals surface area contributed by atoms with Gasteiger partial charge < -0.3 is 19.5 Å². The Bertz CT molecular complexity index is 800. The number of halogens is 2. The van der Waals surface area contributed by atoms with Crippen LogP contribution in [0.1, 0.15) is 16.1 Å². The second-order valence-electron chi connectivity index (χ2n) is 6.22. The smallest absolute Gasteiger partial charge is 0.289 e. The molecule has 1 N–H and O–H groups in total. The van der Waals surface area contributed by atoms with E-state index in [1.54, 1.807) is 24.1 Å². The third kappa shape index (κ3) is 4.64. The van der Waals surface area contributed by atoms with Crippen molar-refractivity contribution in [2.24, 2.45) is 4.99 Å². The Morgan fingerprint density at radius 3 is 2.59 bits per heavy atom. The third-order valence-electron chi connectivity index (χ3n) is 4.50. The molecule has 27 heavy (non-hydrogen) atoms. The van der Waals surface area contributed by atoms with Crippen LogP contribution in [0.25, 0.3) is 0 Å². The quantitative estimate of drug-likeness (QED) is 0.656. The lowest BCUT2D eigenvalue weighted by Gasteiger charge is -2.36. The van der Waals surface area contributed by atoms with E-state index in [1.807, 2.05) is 4.90 Å². The molecule has 0 saturated carbocycles. The first-order valence-corrected chi connectivity index (χ1v) is 8.81. The Balaban J connectivity index is 1.49. The number of aliphatic imine (C=N–C) groups is 1. The van der Waals surface area contributed by atoms with E-state index in [2.05, 4.69) is 10.3 Å². The van der Waals surface area contributed by atoms with Gasteiger partial charge in [-0.2, -0.15) is 0 Å². The monoisotopic (exact) mass is 376 g/mol. The molecule has 1 aliphatic rings. The maximum absolute atomic E-state index is 13.7. The largest absolute Gasteiger partial charge is 0.459 e. The Morgan fingerprint density at radius 2 is 1.93 bits per heavy atom. The van der Waals surface area contributed by atoms with E-state index in [0.717, 1.165) is 12.1 Å². The van der Waals surface area contributed by atoms with Crippen LogP contribution in [-0.2, 0) is 6.42 Å². The maximum atomic E-state index is 13.7. The summed E-state index contributed by atoms with van der Waals surface area (Å²) >= 11 is 0. The van der Waals surface area contributed by atoms with E-state index in [1.165, 1.54) is 12.3 Å². The van der Waals surface area contributed by atoms with E-state index in [9.17, 15) is 13.6 Å². The SMILES string of the molecule is CN=C(NCCc1cc(F)ccc1F)N1CCN(C(=O)c2ccco2)CC1. The first kappa shape index (κ1) is 18.9. The van der Waals surface area contributed by atoms with E-state index >= 15 is 0 Å². The zero-order valence-electron chi connectivity index (χ0n) is 15.1. The summed E-state index contributed by atoms with van der Waals surface area (Å²) in [5.74, 6) is 0.0236. The summed E-state index contributed by atoms with van der Waals surface area (Å²) in [6, 6.07) is 6.79. The van der Waals surface area contributed by atoms with Gasteiger partial charge in [0.25, 0.3) is 5.91 Å². The number of piperazine rings is 1. The molecule has 1 aliphatic heterocycles. The fraction of sp³-hybridized carbons (Fsp3) is 0.368. The summed E-state index contributed by atoms with van der Waals surface area (Å²) in [6.07, 6.45) is 1.83. The fourth-order valence-electron chi connectivity index (χ4n) is 3.05. The molecule has 1 amide bonds. The number of hydrogen-bond donors (Lipinski definition) is 1. The Hall–Kier alpha value is -2.90. The zero-order valence-corrected chi connectivity index (χ0v) is 15.1. The van der Waals surface area contributed by atoms with Crippen LogP contribution in [0.3, 0.4) is 0 Å². The minimum atomic E-state index is -0.451. The number of furan rings is 1. The van der Waals surface area contributed by atoms with Gasteiger partial charge in [0.2, 0.25) is 0 Å². The highest BCUT2D eigenvalue weighted by molar-refractivity contribution is 5.91. The third-order valence-corrected chi connectivity index (χ3v) is 4.50. The van der Waals surface area contributed by atoms with Gasteiger partial charge in [0.05, 0.1) is 6.26 Å². The number of hydrogen-bond acceptors (Lipinski definition) is 3. The molecule has 3 rings (SSSR count). The van der Waals surface area contributed by atoms with Crippen molar-refractivity contribution in [3.8, 4) is 0 Å². The van der Waals surface area contributed by atoms with Gasteiger partial charge in [0.15, 0.2) is 11.7 Å². The van der Waals surface area contributed by atoms with Crippen LogP contribution in [0.4, 0.5) is 8.78 Å². The Labute approximate surface area is 156 Å². The van der Waals surface area contributed by atoms with Crippen LogP contribution in [-0.4, -0.2) is 61.4 Å². The predicted molar refractivity (Wildman–Crippen MR) is 97.6 cm³/mol. The second kappa shape index (κ2) is 8.66. The van der Waals surface area contributed by atoms with Crippen LogP contribution in [0.15, 0.2) is 46.0 Å². The lowest BCUT2D eigenvalue weighted by molar-refractivity contribution is 0.0658. The number of carbonyl (C=O) groups is 1. The predicted octanol–water partition coefficient (Wildman–Crippen LogP) is 2.13. The second-order valence-corrected chi connectivity index (χ2v) is 6.22. The van der Waals surface area contributed by atoms with Gasteiger partial charge in [-0.05, 0) is 42.3 Å². The van der Waals surface area contributed by atoms with Gasteiger partial charge in [0, 0.05) is 39.8 Å². The maximum Gasteiger partial charge on any atom is 0.289 e. The minimum Gasteiger partial charge on any atom is -0.459 e. The summed E-state index contributed by atoms with van der Waals surface area (Å²) in [6.45, 7) is 2.79. The zero-order chi connectivity index (χ0) is 19.2. The standard InChI is InChI=1S/C19H22F2N4O2/c1-22-19(23-7-6-14-13-15(20)4-5-16(14)21)25-10-8-24(9-11-25)18(26)17-3-2-12-27-17/h2-5,12-13H,6-11H2,1H3,(H,22,23). The van der Waals surface area contributed by atoms with Crippen molar-refractivity contribution < 1.29 is 18.0 Å². The molecule has 0 atom stereocenters. The number of rotatable bonds is 4.